The molecule has 2 aromatic heterocycles. The van der Waals surface area contributed by atoms with Gasteiger partial charge in [0.05, 0.1) is 37.1 Å². The van der Waals surface area contributed by atoms with Gasteiger partial charge in [-0.2, -0.15) is 0 Å². The predicted molar refractivity (Wildman–Crippen MR) is 138 cm³/mol. The van der Waals surface area contributed by atoms with Crippen molar-refractivity contribution in [2.75, 3.05) is 20.2 Å². The van der Waals surface area contributed by atoms with Crippen molar-refractivity contribution in [3.63, 3.8) is 0 Å². The van der Waals surface area contributed by atoms with Crippen molar-refractivity contribution in [3.05, 3.63) is 78.0 Å². The van der Waals surface area contributed by atoms with E-state index >= 15 is 0 Å². The average Bonchev–Trinajstić information content (AvgIpc) is 3.59. The summed E-state index contributed by atoms with van der Waals surface area (Å²) in [6, 6.07) is 15.5. The summed E-state index contributed by atoms with van der Waals surface area (Å²) in [6.45, 7) is 11.7. The normalized spacial score (nSPS) is 16.7. The van der Waals surface area contributed by atoms with E-state index in [1.165, 1.54) is 11.1 Å². The zero-order valence-electron chi connectivity index (χ0n) is 21.3. The van der Waals surface area contributed by atoms with Gasteiger partial charge in [0, 0.05) is 31.4 Å². The quantitative estimate of drug-likeness (QED) is 0.388. The molecular weight excluding hydrogens is 436 g/mol. The maximum absolute atomic E-state index is 5.66. The Morgan fingerprint density at radius 2 is 1.86 bits per heavy atom. The van der Waals surface area contributed by atoms with Gasteiger partial charge in [0.1, 0.15) is 11.4 Å². The van der Waals surface area contributed by atoms with Crippen LogP contribution in [0.25, 0.3) is 16.9 Å². The lowest BCUT2D eigenvalue weighted by Crippen LogP contribution is -2.21. The second-order valence-electron chi connectivity index (χ2n) is 10.5. The number of aromatic nitrogens is 5. The lowest BCUT2D eigenvalue weighted by atomic mass is 9.87. The van der Waals surface area contributed by atoms with Crippen LogP contribution in [0.2, 0.25) is 0 Å². The molecule has 2 aromatic carbocycles. The Morgan fingerprint density at radius 3 is 2.54 bits per heavy atom. The summed E-state index contributed by atoms with van der Waals surface area (Å²) in [5.74, 6) is 0.777. The van der Waals surface area contributed by atoms with Gasteiger partial charge in [-0.05, 0) is 42.0 Å². The summed E-state index contributed by atoms with van der Waals surface area (Å²) in [7, 11) is 1.69. The molecule has 0 N–H and O–H groups in total. The number of methoxy groups -OCH3 is 1. The van der Waals surface area contributed by atoms with Gasteiger partial charge in [0.2, 0.25) is 0 Å². The molecule has 3 heterocycles. The zero-order valence-corrected chi connectivity index (χ0v) is 21.3. The van der Waals surface area contributed by atoms with E-state index in [-0.39, 0.29) is 5.41 Å². The number of nitrogens with zero attached hydrogens (tertiary/aromatic N) is 6. The highest BCUT2D eigenvalue weighted by Crippen LogP contribution is 2.30. The van der Waals surface area contributed by atoms with Crippen molar-refractivity contribution in [1.82, 2.24) is 29.4 Å². The van der Waals surface area contributed by atoms with Crippen LogP contribution in [0, 0.1) is 6.92 Å². The van der Waals surface area contributed by atoms with Gasteiger partial charge in [-0.25, -0.2) is 9.67 Å². The molecule has 0 spiro atoms. The molecule has 0 saturated carbocycles. The molecule has 4 aromatic rings. The molecule has 1 aliphatic rings. The minimum Gasteiger partial charge on any atom is -0.495 e. The van der Waals surface area contributed by atoms with Gasteiger partial charge >= 0.3 is 0 Å². The summed E-state index contributed by atoms with van der Waals surface area (Å²) in [5.41, 5.74) is 6.68. The minimum atomic E-state index is 0.185. The highest BCUT2D eigenvalue weighted by molar-refractivity contribution is 5.64. The number of hydrogen-bond acceptors (Lipinski definition) is 5. The van der Waals surface area contributed by atoms with Crippen LogP contribution >= 0.6 is 0 Å². The lowest BCUT2D eigenvalue weighted by molar-refractivity contribution is 0.310. The molecule has 1 saturated heterocycles. The summed E-state index contributed by atoms with van der Waals surface area (Å²) in [5, 5.41) is 8.95. The average molecular weight is 471 g/mol. The Kier molecular flexibility index (Phi) is 6.19. The number of benzene rings is 2. The van der Waals surface area contributed by atoms with Crippen molar-refractivity contribution < 1.29 is 4.74 Å². The Morgan fingerprint density at radius 1 is 1.06 bits per heavy atom. The molecule has 1 unspecified atom stereocenters. The van der Waals surface area contributed by atoms with Crippen molar-refractivity contribution in [2.24, 2.45) is 0 Å². The van der Waals surface area contributed by atoms with Gasteiger partial charge in [-0.1, -0.05) is 56.3 Å². The number of ether oxygens (including phenoxy) is 1. The fourth-order valence-corrected chi connectivity index (χ4v) is 4.73. The molecule has 1 aliphatic heterocycles. The van der Waals surface area contributed by atoms with E-state index in [4.69, 9.17) is 4.74 Å². The zero-order chi connectivity index (χ0) is 24.6. The molecule has 1 atom stereocenters. The molecule has 1 fully saturated rings. The van der Waals surface area contributed by atoms with Crippen molar-refractivity contribution in [3.8, 4) is 22.7 Å². The van der Waals surface area contributed by atoms with E-state index in [0.29, 0.717) is 6.04 Å². The summed E-state index contributed by atoms with van der Waals surface area (Å²) in [4.78, 5) is 6.82. The van der Waals surface area contributed by atoms with Gasteiger partial charge in [0.25, 0.3) is 0 Å². The van der Waals surface area contributed by atoms with E-state index in [1.54, 1.807) is 13.4 Å². The van der Waals surface area contributed by atoms with Crippen molar-refractivity contribution in [2.45, 2.75) is 52.1 Å². The first-order valence-electron chi connectivity index (χ1n) is 12.2. The summed E-state index contributed by atoms with van der Waals surface area (Å²) in [6.07, 6.45) is 6.92. The first-order chi connectivity index (χ1) is 16.8. The van der Waals surface area contributed by atoms with E-state index in [9.17, 15) is 0 Å². The third-order valence-corrected chi connectivity index (χ3v) is 6.82. The van der Waals surface area contributed by atoms with Gasteiger partial charge < -0.3 is 9.30 Å². The molecule has 0 amide bonds. The Hall–Kier alpha value is -3.45. The highest BCUT2D eigenvalue weighted by Gasteiger charge is 2.25. The van der Waals surface area contributed by atoms with E-state index in [1.807, 2.05) is 34.5 Å². The molecule has 0 aliphatic carbocycles. The first kappa shape index (κ1) is 23.3. The fraction of sp³-hybridized carbons (Fsp3) is 0.393. The molecular formula is C28H34N6O. The maximum Gasteiger partial charge on any atom is 0.143 e. The van der Waals surface area contributed by atoms with Gasteiger partial charge in [0.15, 0.2) is 0 Å². The van der Waals surface area contributed by atoms with E-state index in [0.717, 1.165) is 54.4 Å². The van der Waals surface area contributed by atoms with Crippen LogP contribution < -0.4 is 4.74 Å². The third-order valence-electron chi connectivity index (χ3n) is 6.82. The molecule has 35 heavy (non-hydrogen) atoms. The smallest absolute Gasteiger partial charge is 0.143 e. The van der Waals surface area contributed by atoms with Gasteiger partial charge in [-0.15, -0.1) is 5.10 Å². The van der Waals surface area contributed by atoms with Crippen LogP contribution in [-0.4, -0.2) is 49.6 Å². The lowest BCUT2D eigenvalue weighted by Gasteiger charge is -2.20. The fourth-order valence-electron chi connectivity index (χ4n) is 4.73. The Bertz CT molecular complexity index is 1300. The summed E-state index contributed by atoms with van der Waals surface area (Å²) >= 11 is 0. The first-order valence-corrected chi connectivity index (χ1v) is 12.2. The standard InChI is InChI=1S/C28H34N6O/c1-20-15-33(19-29-20)26-11-8-22(14-27(26)35-5)25-18-34(31-30-25)24-12-13-32(17-24)16-21-6-9-23(10-7-21)28(2,3)4/h6-11,14-15,18-19,24H,12-13,16-17H2,1-5H3. The maximum atomic E-state index is 5.66. The van der Waals surface area contributed by atoms with Crippen molar-refractivity contribution in [1.29, 1.82) is 0 Å². The molecule has 0 radical (unpaired) electrons. The number of rotatable bonds is 6. The second-order valence-corrected chi connectivity index (χ2v) is 10.5. The van der Waals surface area contributed by atoms with Crippen LogP contribution in [0.3, 0.4) is 0 Å². The van der Waals surface area contributed by atoms with Crippen LogP contribution in [-0.2, 0) is 12.0 Å². The van der Waals surface area contributed by atoms with Crippen LogP contribution in [0.1, 0.15) is 50.1 Å². The monoisotopic (exact) mass is 470 g/mol. The van der Waals surface area contributed by atoms with Crippen LogP contribution in [0.5, 0.6) is 5.75 Å². The molecule has 5 rings (SSSR count). The van der Waals surface area contributed by atoms with Crippen molar-refractivity contribution >= 4 is 0 Å². The number of hydrogen-bond donors (Lipinski definition) is 0. The Balaban J connectivity index is 1.26. The molecule has 7 heteroatoms. The predicted octanol–water partition coefficient (Wildman–Crippen LogP) is 5.19. The number of imidazole rings is 1. The van der Waals surface area contributed by atoms with Crippen LogP contribution in [0.15, 0.2) is 61.2 Å². The second kappa shape index (κ2) is 9.30. The summed E-state index contributed by atoms with van der Waals surface area (Å²) < 4.78 is 9.66. The largest absolute Gasteiger partial charge is 0.495 e. The van der Waals surface area contributed by atoms with Gasteiger partial charge in [-0.3, -0.25) is 4.90 Å². The topological polar surface area (TPSA) is 61.0 Å². The highest BCUT2D eigenvalue weighted by atomic mass is 16.5. The number of aryl methyl sites for hydroxylation is 1. The minimum absolute atomic E-state index is 0.185. The Labute approximate surface area is 207 Å². The number of likely N-dealkylation sites (tertiary alicyclic amines) is 1. The molecule has 0 bridgehead atoms. The molecule has 182 valence electrons. The van der Waals surface area contributed by atoms with E-state index in [2.05, 4.69) is 77.5 Å². The van der Waals surface area contributed by atoms with E-state index < -0.39 is 0 Å². The third kappa shape index (κ3) is 5.00. The molecule has 7 nitrogen and oxygen atoms in total. The SMILES string of the molecule is COc1cc(-c2cn(C3CCN(Cc4ccc(C(C)(C)C)cc4)C3)nn2)ccc1-n1cnc(C)c1. The van der Waals surface area contributed by atoms with Crippen LogP contribution in [0.4, 0.5) is 0 Å².